The fourth-order valence-electron chi connectivity index (χ4n) is 2.29. The van der Waals surface area contributed by atoms with E-state index >= 15 is 0 Å². The van der Waals surface area contributed by atoms with E-state index < -0.39 is 21.7 Å². The number of benzene rings is 1. The van der Waals surface area contributed by atoms with E-state index in [1.165, 1.54) is 6.07 Å². The zero-order valence-electron chi connectivity index (χ0n) is 13.7. The van der Waals surface area contributed by atoms with Crippen LogP contribution in [-0.4, -0.2) is 29.6 Å². The number of hydrogen-bond acceptors (Lipinski definition) is 5. The first-order valence-electron chi connectivity index (χ1n) is 7.42. The summed E-state index contributed by atoms with van der Waals surface area (Å²) < 4.78 is 62.1. The maximum atomic E-state index is 12.7. The highest BCUT2D eigenvalue weighted by Crippen LogP contribution is 2.30. The second-order valence-electron chi connectivity index (χ2n) is 5.62. The molecule has 2 aromatic heterocycles. The number of pyridine rings is 1. The molecule has 3 rings (SSSR count). The molecule has 0 bridgehead atoms. The average Bonchev–Trinajstić information content (AvgIpc) is 2.60. The van der Waals surface area contributed by atoms with Crippen LogP contribution in [0.5, 0.6) is 0 Å². The number of hydrogen-bond donors (Lipinski definition) is 0. The minimum Gasteiger partial charge on any atom is -0.251 e. The van der Waals surface area contributed by atoms with Gasteiger partial charge in [-0.2, -0.15) is 13.2 Å². The Morgan fingerprint density at radius 2 is 1.56 bits per heavy atom. The van der Waals surface area contributed by atoms with Gasteiger partial charge in [0.25, 0.3) is 0 Å². The van der Waals surface area contributed by atoms with Crippen molar-refractivity contribution < 1.29 is 21.6 Å². The van der Waals surface area contributed by atoms with Gasteiger partial charge in [0.15, 0.2) is 15.7 Å². The summed E-state index contributed by atoms with van der Waals surface area (Å²) in [5.41, 5.74) is -0.224. The molecule has 3 aromatic rings. The Morgan fingerprint density at radius 1 is 0.926 bits per heavy atom. The molecule has 5 nitrogen and oxygen atoms in total. The molecule has 0 aliphatic rings. The summed E-state index contributed by atoms with van der Waals surface area (Å²) in [7, 11) is -3.64. The highest BCUT2D eigenvalue weighted by molar-refractivity contribution is 7.90. The molecular weight excluding hydrogens is 403 g/mol. The molecule has 0 saturated heterocycles. The molecule has 0 aliphatic heterocycles. The minimum atomic E-state index is -4.56. The van der Waals surface area contributed by atoms with Crippen LogP contribution in [0.25, 0.3) is 22.6 Å². The van der Waals surface area contributed by atoms with Gasteiger partial charge in [-0.1, -0.05) is 23.7 Å². The smallest absolute Gasteiger partial charge is 0.251 e. The quantitative estimate of drug-likeness (QED) is 0.640. The maximum absolute atomic E-state index is 12.7. The highest BCUT2D eigenvalue weighted by Gasteiger charge is 2.32. The first-order chi connectivity index (χ1) is 12.6. The summed E-state index contributed by atoms with van der Waals surface area (Å²) in [5, 5.41) is 0.459. The van der Waals surface area contributed by atoms with E-state index in [1.807, 2.05) is 0 Å². The SMILES string of the molecule is CS(=O)(=O)c1cnc(-c2ccc(C(F)(F)F)nc2)nc1-c1ccc(Cl)cc1. The fourth-order valence-corrected chi connectivity index (χ4v) is 3.17. The third-order valence-corrected chi connectivity index (χ3v) is 4.93. The van der Waals surface area contributed by atoms with Crippen molar-refractivity contribution in [2.75, 3.05) is 6.26 Å². The van der Waals surface area contributed by atoms with Crippen molar-refractivity contribution in [1.82, 2.24) is 15.0 Å². The number of alkyl halides is 3. The minimum absolute atomic E-state index is 0.0496. The van der Waals surface area contributed by atoms with Gasteiger partial charge in [0.2, 0.25) is 0 Å². The van der Waals surface area contributed by atoms with Gasteiger partial charge >= 0.3 is 6.18 Å². The van der Waals surface area contributed by atoms with E-state index in [2.05, 4.69) is 15.0 Å². The van der Waals surface area contributed by atoms with Gasteiger partial charge in [0, 0.05) is 28.6 Å². The molecular formula is C17H11ClF3N3O2S. The molecule has 1 aromatic carbocycles. The Bertz CT molecular complexity index is 1080. The lowest BCUT2D eigenvalue weighted by Gasteiger charge is -2.10. The van der Waals surface area contributed by atoms with E-state index in [4.69, 9.17) is 11.6 Å². The Hall–Kier alpha value is -2.52. The predicted molar refractivity (Wildman–Crippen MR) is 93.8 cm³/mol. The predicted octanol–water partition coefficient (Wildman–Crippen LogP) is 4.28. The number of sulfone groups is 1. The summed E-state index contributed by atoms with van der Waals surface area (Å²) in [5.74, 6) is 0.0496. The normalized spacial score (nSPS) is 12.2. The summed E-state index contributed by atoms with van der Waals surface area (Å²) >= 11 is 5.86. The summed E-state index contributed by atoms with van der Waals surface area (Å²) in [6.45, 7) is 0. The Morgan fingerprint density at radius 3 is 2.07 bits per heavy atom. The Kier molecular flexibility index (Phi) is 4.92. The van der Waals surface area contributed by atoms with E-state index in [0.29, 0.717) is 10.6 Å². The molecule has 0 N–H and O–H groups in total. The van der Waals surface area contributed by atoms with Crippen molar-refractivity contribution in [1.29, 1.82) is 0 Å². The van der Waals surface area contributed by atoms with Crippen LogP contribution in [0.3, 0.4) is 0 Å². The molecule has 0 atom stereocenters. The van der Waals surface area contributed by atoms with Crippen molar-refractivity contribution in [3.8, 4) is 22.6 Å². The van der Waals surface area contributed by atoms with Crippen LogP contribution < -0.4 is 0 Å². The first kappa shape index (κ1) is 19.2. The maximum Gasteiger partial charge on any atom is 0.433 e. The third-order valence-electron chi connectivity index (χ3n) is 3.58. The lowest BCUT2D eigenvalue weighted by Crippen LogP contribution is -2.08. The average molecular weight is 414 g/mol. The van der Waals surface area contributed by atoms with Crippen LogP contribution in [0.2, 0.25) is 5.02 Å². The summed E-state index contributed by atoms with van der Waals surface area (Å²) in [6, 6.07) is 8.32. The van der Waals surface area contributed by atoms with E-state index in [0.717, 1.165) is 24.7 Å². The number of nitrogens with zero attached hydrogens (tertiary/aromatic N) is 3. The van der Waals surface area contributed by atoms with Crippen molar-refractivity contribution >= 4 is 21.4 Å². The summed E-state index contributed by atoms with van der Waals surface area (Å²) in [6.07, 6.45) is -1.43. The van der Waals surface area contributed by atoms with Crippen molar-refractivity contribution in [3.05, 3.63) is 59.5 Å². The lowest BCUT2D eigenvalue weighted by molar-refractivity contribution is -0.141. The lowest BCUT2D eigenvalue weighted by atomic mass is 10.1. The molecule has 0 fully saturated rings. The third kappa shape index (κ3) is 4.25. The molecule has 27 heavy (non-hydrogen) atoms. The van der Waals surface area contributed by atoms with E-state index in [1.54, 1.807) is 24.3 Å². The molecule has 140 valence electrons. The van der Waals surface area contributed by atoms with Crippen LogP contribution in [0.4, 0.5) is 13.2 Å². The highest BCUT2D eigenvalue weighted by atomic mass is 35.5. The van der Waals surface area contributed by atoms with Gasteiger partial charge in [0.05, 0.1) is 11.9 Å². The monoisotopic (exact) mass is 413 g/mol. The molecule has 0 unspecified atom stereocenters. The van der Waals surface area contributed by atoms with Crippen LogP contribution in [0, 0.1) is 0 Å². The number of rotatable bonds is 3. The van der Waals surface area contributed by atoms with Crippen LogP contribution in [0.15, 0.2) is 53.7 Å². The van der Waals surface area contributed by atoms with Crippen molar-refractivity contribution in [3.63, 3.8) is 0 Å². The molecule has 10 heteroatoms. The van der Waals surface area contributed by atoms with E-state index in [-0.39, 0.29) is 22.0 Å². The Balaban J connectivity index is 2.13. The van der Waals surface area contributed by atoms with Gasteiger partial charge in [-0.25, -0.2) is 18.4 Å². The topological polar surface area (TPSA) is 72.8 Å². The van der Waals surface area contributed by atoms with Gasteiger partial charge in [-0.3, -0.25) is 4.98 Å². The molecule has 2 heterocycles. The zero-order chi connectivity index (χ0) is 19.8. The van der Waals surface area contributed by atoms with Crippen molar-refractivity contribution in [2.45, 2.75) is 11.1 Å². The zero-order valence-corrected chi connectivity index (χ0v) is 15.3. The molecule has 0 amide bonds. The standard InChI is InChI=1S/C17H11ClF3N3O2S/c1-27(25,26)13-9-23-16(11-4-7-14(22-8-11)17(19,20)21)24-15(13)10-2-5-12(18)6-3-10/h2-9H,1H3. The van der Waals surface area contributed by atoms with Gasteiger partial charge in [-0.15, -0.1) is 0 Å². The van der Waals surface area contributed by atoms with E-state index in [9.17, 15) is 21.6 Å². The molecule has 0 aliphatic carbocycles. The van der Waals surface area contributed by atoms with Gasteiger partial charge < -0.3 is 0 Å². The largest absolute Gasteiger partial charge is 0.433 e. The van der Waals surface area contributed by atoms with Crippen LogP contribution in [-0.2, 0) is 16.0 Å². The first-order valence-corrected chi connectivity index (χ1v) is 9.69. The van der Waals surface area contributed by atoms with Gasteiger partial charge in [-0.05, 0) is 24.3 Å². The molecule has 0 radical (unpaired) electrons. The number of halogens is 4. The van der Waals surface area contributed by atoms with Gasteiger partial charge in [0.1, 0.15) is 10.6 Å². The van der Waals surface area contributed by atoms with Crippen LogP contribution >= 0.6 is 11.6 Å². The molecule has 0 saturated carbocycles. The number of aromatic nitrogens is 3. The summed E-state index contributed by atoms with van der Waals surface area (Å²) in [4.78, 5) is 11.5. The second kappa shape index (κ2) is 6.90. The fraction of sp³-hybridized carbons (Fsp3) is 0.118. The Labute approximate surface area is 157 Å². The molecule has 0 spiro atoms. The van der Waals surface area contributed by atoms with Crippen molar-refractivity contribution in [2.24, 2.45) is 0 Å². The second-order valence-corrected chi connectivity index (χ2v) is 8.04. The van der Waals surface area contributed by atoms with Crippen LogP contribution in [0.1, 0.15) is 5.69 Å².